The van der Waals surface area contributed by atoms with Gasteiger partial charge in [0.1, 0.15) is 0 Å². The molecule has 6 rings (SSSR count). The van der Waals surface area contributed by atoms with Gasteiger partial charge in [-0.25, -0.2) is 0 Å². The van der Waals surface area contributed by atoms with Crippen molar-refractivity contribution >= 4 is 5.91 Å². The molecule has 0 unspecified atom stereocenters. The molecule has 5 aliphatic rings. The number of ether oxygens (including phenoxy) is 1. The van der Waals surface area contributed by atoms with Gasteiger partial charge in [-0.05, 0) is 66.8 Å². The van der Waals surface area contributed by atoms with Crippen molar-refractivity contribution in [3.63, 3.8) is 0 Å². The largest absolute Gasteiger partial charge is 0.379 e. The Hall–Kier alpha value is -1.39. The normalized spacial score (nSPS) is 37.1. The van der Waals surface area contributed by atoms with Crippen LogP contribution < -0.4 is 5.32 Å². The van der Waals surface area contributed by atoms with Gasteiger partial charge in [0, 0.05) is 32.6 Å². The standard InChI is InChI=1S/C24H34N2O2/c27-22(25-6-7-26-8-10-28-11-9-26)17-23-13-19-12-20(14-23)16-24(15-19,18-23)21-4-2-1-3-5-21/h1-5,19-20H,6-18H2,(H,25,27)/t19-,20-,23?,24?/m1/s1. The molecule has 1 aromatic rings. The van der Waals surface area contributed by atoms with Crippen LogP contribution >= 0.6 is 0 Å². The Kier molecular flexibility index (Phi) is 4.96. The van der Waals surface area contributed by atoms with E-state index in [2.05, 4.69) is 40.5 Å². The van der Waals surface area contributed by atoms with Gasteiger partial charge >= 0.3 is 0 Å². The number of nitrogens with zero attached hydrogens (tertiary/aromatic N) is 1. The molecular formula is C24H34N2O2. The topological polar surface area (TPSA) is 41.6 Å². The lowest BCUT2D eigenvalue weighted by Gasteiger charge is -2.62. The van der Waals surface area contributed by atoms with Crippen LogP contribution in [0.1, 0.15) is 50.5 Å². The van der Waals surface area contributed by atoms with Gasteiger partial charge in [-0.3, -0.25) is 9.69 Å². The predicted octanol–water partition coefficient (Wildman–Crippen LogP) is 3.36. The Labute approximate surface area is 169 Å². The van der Waals surface area contributed by atoms with E-state index in [1.165, 1.54) is 44.1 Å². The average molecular weight is 383 g/mol. The summed E-state index contributed by atoms with van der Waals surface area (Å²) in [6.07, 6.45) is 8.58. The molecule has 152 valence electrons. The first kappa shape index (κ1) is 18.6. The molecule has 4 saturated carbocycles. The van der Waals surface area contributed by atoms with Crippen LogP contribution in [0.25, 0.3) is 0 Å². The lowest BCUT2D eigenvalue weighted by molar-refractivity contribution is -0.131. The molecule has 1 heterocycles. The summed E-state index contributed by atoms with van der Waals surface area (Å²) in [4.78, 5) is 15.2. The molecule has 28 heavy (non-hydrogen) atoms. The van der Waals surface area contributed by atoms with E-state index in [0.29, 0.717) is 5.41 Å². The molecule has 1 N–H and O–H groups in total. The minimum absolute atomic E-state index is 0.239. The minimum Gasteiger partial charge on any atom is -0.379 e. The zero-order valence-corrected chi connectivity index (χ0v) is 17.0. The van der Waals surface area contributed by atoms with Crippen molar-refractivity contribution in [1.29, 1.82) is 0 Å². The molecular weight excluding hydrogens is 348 g/mol. The molecule has 4 bridgehead atoms. The van der Waals surface area contributed by atoms with Crippen LogP contribution in [-0.4, -0.2) is 50.2 Å². The second kappa shape index (κ2) is 7.46. The number of carbonyl (C=O) groups excluding carboxylic acids is 1. The molecule has 1 saturated heterocycles. The van der Waals surface area contributed by atoms with E-state index in [1.54, 1.807) is 0 Å². The lowest BCUT2D eigenvalue weighted by Crippen LogP contribution is -2.55. The van der Waals surface area contributed by atoms with Gasteiger partial charge in [0.2, 0.25) is 5.91 Å². The van der Waals surface area contributed by atoms with E-state index in [1.807, 2.05) is 0 Å². The first-order chi connectivity index (χ1) is 13.6. The number of hydrogen-bond donors (Lipinski definition) is 1. The Morgan fingerprint density at radius 2 is 1.79 bits per heavy atom. The Bertz CT molecular complexity index is 684. The molecule has 0 aromatic heterocycles. The van der Waals surface area contributed by atoms with Gasteiger partial charge in [-0.1, -0.05) is 30.3 Å². The third-order valence-corrected chi connectivity index (χ3v) is 7.96. The second-order valence-corrected chi connectivity index (χ2v) is 10.1. The summed E-state index contributed by atoms with van der Waals surface area (Å²) in [7, 11) is 0. The van der Waals surface area contributed by atoms with Crippen LogP contribution in [0.4, 0.5) is 0 Å². The summed E-state index contributed by atoms with van der Waals surface area (Å²) in [5.74, 6) is 1.92. The number of amides is 1. The highest BCUT2D eigenvalue weighted by Gasteiger charge is 2.58. The van der Waals surface area contributed by atoms with E-state index in [4.69, 9.17) is 4.74 Å². The maximum atomic E-state index is 12.9. The summed E-state index contributed by atoms with van der Waals surface area (Å²) in [6.45, 7) is 5.33. The van der Waals surface area contributed by atoms with Crippen LogP contribution in [-0.2, 0) is 14.9 Å². The predicted molar refractivity (Wildman–Crippen MR) is 110 cm³/mol. The maximum absolute atomic E-state index is 12.9. The summed E-state index contributed by atoms with van der Waals surface area (Å²) in [6, 6.07) is 11.2. The van der Waals surface area contributed by atoms with Gasteiger partial charge in [-0.2, -0.15) is 0 Å². The van der Waals surface area contributed by atoms with Gasteiger partial charge in [0.05, 0.1) is 13.2 Å². The minimum atomic E-state index is 0.239. The van der Waals surface area contributed by atoms with E-state index in [9.17, 15) is 4.79 Å². The highest BCUT2D eigenvalue weighted by molar-refractivity contribution is 5.76. The number of benzene rings is 1. The lowest BCUT2D eigenvalue weighted by atomic mass is 9.42. The van der Waals surface area contributed by atoms with Crippen molar-refractivity contribution in [2.24, 2.45) is 17.3 Å². The fourth-order valence-corrected chi connectivity index (χ4v) is 7.37. The molecule has 0 radical (unpaired) electrons. The smallest absolute Gasteiger partial charge is 0.220 e. The summed E-state index contributed by atoms with van der Waals surface area (Å²) < 4.78 is 5.40. The quantitative estimate of drug-likeness (QED) is 0.820. The molecule has 4 heteroatoms. The zero-order valence-electron chi connectivity index (χ0n) is 17.0. The van der Waals surface area contributed by atoms with E-state index < -0.39 is 0 Å². The molecule has 0 spiro atoms. The summed E-state index contributed by atoms with van der Waals surface area (Å²) in [5, 5.41) is 3.24. The van der Waals surface area contributed by atoms with E-state index in [0.717, 1.165) is 57.6 Å². The van der Waals surface area contributed by atoms with Gasteiger partial charge in [0.25, 0.3) is 0 Å². The van der Waals surface area contributed by atoms with Crippen molar-refractivity contribution in [3.8, 4) is 0 Å². The van der Waals surface area contributed by atoms with Crippen molar-refractivity contribution in [2.45, 2.75) is 50.4 Å². The zero-order chi connectivity index (χ0) is 19.0. The second-order valence-electron chi connectivity index (χ2n) is 10.1. The monoisotopic (exact) mass is 382 g/mol. The summed E-state index contributed by atoms with van der Waals surface area (Å²) in [5.41, 5.74) is 2.10. The summed E-state index contributed by atoms with van der Waals surface area (Å²) >= 11 is 0. The van der Waals surface area contributed by atoms with Crippen molar-refractivity contribution in [2.75, 3.05) is 39.4 Å². The van der Waals surface area contributed by atoms with Crippen LogP contribution in [0.15, 0.2) is 30.3 Å². The number of carbonyl (C=O) groups is 1. The van der Waals surface area contributed by atoms with Crippen molar-refractivity contribution < 1.29 is 9.53 Å². The van der Waals surface area contributed by atoms with Crippen LogP contribution in [0.2, 0.25) is 0 Å². The van der Waals surface area contributed by atoms with Gasteiger partial charge in [-0.15, -0.1) is 0 Å². The fourth-order valence-electron chi connectivity index (χ4n) is 7.37. The number of rotatable bonds is 6. The highest BCUT2D eigenvalue weighted by Crippen LogP contribution is 2.66. The van der Waals surface area contributed by atoms with E-state index in [-0.39, 0.29) is 11.3 Å². The van der Waals surface area contributed by atoms with E-state index >= 15 is 0 Å². The molecule has 1 aliphatic heterocycles. The first-order valence-corrected chi connectivity index (χ1v) is 11.3. The fraction of sp³-hybridized carbons (Fsp3) is 0.708. The molecule has 4 aliphatic carbocycles. The third kappa shape index (κ3) is 3.61. The van der Waals surface area contributed by atoms with Crippen molar-refractivity contribution in [3.05, 3.63) is 35.9 Å². The molecule has 4 nitrogen and oxygen atoms in total. The molecule has 2 atom stereocenters. The SMILES string of the molecule is O=C(CC12C[C@H]3C[C@H](C1)CC(c1ccccc1)(C3)C2)NCCN1CCOCC1. The Balaban J connectivity index is 1.23. The van der Waals surface area contributed by atoms with Crippen LogP contribution in [0.3, 0.4) is 0 Å². The Morgan fingerprint density at radius 1 is 1.07 bits per heavy atom. The van der Waals surface area contributed by atoms with Gasteiger partial charge < -0.3 is 10.1 Å². The number of hydrogen-bond acceptors (Lipinski definition) is 3. The molecule has 1 amide bonds. The van der Waals surface area contributed by atoms with Crippen LogP contribution in [0, 0.1) is 17.3 Å². The number of morpholine rings is 1. The van der Waals surface area contributed by atoms with Crippen molar-refractivity contribution in [1.82, 2.24) is 10.2 Å². The Morgan fingerprint density at radius 3 is 2.50 bits per heavy atom. The highest BCUT2D eigenvalue weighted by atomic mass is 16.5. The average Bonchev–Trinajstić information content (AvgIpc) is 2.68. The number of nitrogens with one attached hydrogen (secondary N) is 1. The third-order valence-electron chi connectivity index (χ3n) is 7.96. The molecule has 1 aromatic carbocycles. The maximum Gasteiger partial charge on any atom is 0.220 e. The molecule has 5 fully saturated rings. The van der Waals surface area contributed by atoms with Crippen LogP contribution in [0.5, 0.6) is 0 Å². The van der Waals surface area contributed by atoms with Gasteiger partial charge in [0.15, 0.2) is 0 Å². The first-order valence-electron chi connectivity index (χ1n) is 11.3.